The summed E-state index contributed by atoms with van der Waals surface area (Å²) in [6.45, 7) is 5.07. The van der Waals surface area contributed by atoms with Crippen LogP contribution in [0.1, 0.15) is 5.56 Å². The van der Waals surface area contributed by atoms with Crippen molar-refractivity contribution in [1.82, 2.24) is 14.3 Å². The first-order valence-corrected chi connectivity index (χ1v) is 7.97. The van der Waals surface area contributed by atoms with Gasteiger partial charge in [-0.3, -0.25) is 19.7 Å². The summed E-state index contributed by atoms with van der Waals surface area (Å²) in [5, 5.41) is 25.8. The van der Waals surface area contributed by atoms with Crippen molar-refractivity contribution in [2.75, 3.05) is 0 Å². The number of aryl methyl sites for hydroxylation is 1. The number of nitrogens with zero attached hydrogens (tertiary/aromatic N) is 4. The fourth-order valence-electron chi connectivity index (χ4n) is 2.95. The highest BCUT2D eigenvalue weighted by Crippen LogP contribution is 2.31. The van der Waals surface area contributed by atoms with E-state index in [0.29, 0.717) is 5.56 Å². The molecule has 0 saturated carbocycles. The van der Waals surface area contributed by atoms with Crippen LogP contribution >= 0.6 is 0 Å². The highest BCUT2D eigenvalue weighted by atomic mass is 16.6. The molecule has 9 heteroatoms. The molecule has 3 rings (SSSR count). The first-order valence-electron chi connectivity index (χ1n) is 7.97. The van der Waals surface area contributed by atoms with Crippen molar-refractivity contribution in [3.05, 3.63) is 73.3 Å². The first-order chi connectivity index (χ1) is 12.8. The van der Waals surface area contributed by atoms with Gasteiger partial charge < -0.3 is 9.67 Å². The zero-order valence-electron chi connectivity index (χ0n) is 14.7. The number of benzene rings is 1. The molecular formula is C18H16N4O5. The Hall–Kier alpha value is -3.75. The second-order valence-corrected chi connectivity index (χ2v) is 5.99. The van der Waals surface area contributed by atoms with E-state index in [2.05, 4.69) is 11.7 Å². The van der Waals surface area contributed by atoms with E-state index in [1.807, 2.05) is 0 Å². The lowest BCUT2D eigenvalue weighted by Gasteiger charge is -2.15. The summed E-state index contributed by atoms with van der Waals surface area (Å²) in [7, 11) is 1.46. The average molecular weight is 368 g/mol. The lowest BCUT2D eigenvalue weighted by molar-refractivity contribution is -0.384. The lowest BCUT2D eigenvalue weighted by atomic mass is 10.1. The highest BCUT2D eigenvalue weighted by molar-refractivity contribution is 5.95. The van der Waals surface area contributed by atoms with Crippen LogP contribution in [0, 0.1) is 17.0 Å². The molecule has 138 valence electrons. The van der Waals surface area contributed by atoms with E-state index in [1.165, 1.54) is 42.8 Å². The molecule has 0 spiro atoms. The maximum Gasteiger partial charge on any atom is 0.280 e. The summed E-state index contributed by atoms with van der Waals surface area (Å²) in [5.74, 6) is -0.426. The number of hydrogen-bond donors (Lipinski definition) is 1. The molecule has 0 aliphatic heterocycles. The van der Waals surface area contributed by atoms with Gasteiger partial charge in [0.2, 0.25) is 0 Å². The number of aromatic hydroxyl groups is 1. The average Bonchev–Trinajstić information content (AvgIpc) is 2.66. The van der Waals surface area contributed by atoms with Crippen molar-refractivity contribution in [3.63, 3.8) is 0 Å². The molecule has 0 fully saturated rings. The number of allylic oxidation sites excluding steroid dienone is 1. The van der Waals surface area contributed by atoms with Crippen molar-refractivity contribution >= 4 is 16.6 Å². The van der Waals surface area contributed by atoms with E-state index < -0.39 is 21.8 Å². The summed E-state index contributed by atoms with van der Waals surface area (Å²) in [6.07, 6.45) is 1.46. The number of nitro groups is 1. The molecule has 9 nitrogen and oxygen atoms in total. The summed E-state index contributed by atoms with van der Waals surface area (Å²) in [6, 6.07) is 5.69. The Morgan fingerprint density at radius 1 is 1.33 bits per heavy atom. The fourth-order valence-corrected chi connectivity index (χ4v) is 2.95. The Balaban J connectivity index is 2.56. The number of fused-ring (bicyclic) bond motifs is 1. The van der Waals surface area contributed by atoms with Crippen LogP contribution in [0.3, 0.4) is 0 Å². The van der Waals surface area contributed by atoms with E-state index in [0.717, 1.165) is 4.68 Å². The van der Waals surface area contributed by atoms with Gasteiger partial charge in [-0.2, -0.15) is 5.10 Å². The molecule has 0 amide bonds. The van der Waals surface area contributed by atoms with Crippen molar-refractivity contribution < 1.29 is 10.0 Å². The largest absolute Gasteiger partial charge is 0.507 e. The van der Waals surface area contributed by atoms with Crippen LogP contribution in [0.2, 0.25) is 0 Å². The minimum Gasteiger partial charge on any atom is -0.507 e. The van der Waals surface area contributed by atoms with Gasteiger partial charge in [0, 0.05) is 24.7 Å². The van der Waals surface area contributed by atoms with E-state index in [1.54, 1.807) is 6.07 Å². The van der Waals surface area contributed by atoms with Gasteiger partial charge in [-0.15, -0.1) is 6.58 Å². The maximum atomic E-state index is 12.8. The minimum absolute atomic E-state index is 0.0310. The van der Waals surface area contributed by atoms with Crippen LogP contribution in [0.4, 0.5) is 5.69 Å². The predicted molar refractivity (Wildman–Crippen MR) is 99.9 cm³/mol. The minimum atomic E-state index is -0.588. The molecule has 0 bridgehead atoms. The van der Waals surface area contributed by atoms with Gasteiger partial charge in [-0.25, -0.2) is 4.68 Å². The molecule has 0 atom stereocenters. The Morgan fingerprint density at radius 3 is 2.67 bits per heavy atom. The smallest absolute Gasteiger partial charge is 0.280 e. The summed E-state index contributed by atoms with van der Waals surface area (Å²) in [4.78, 5) is 35.8. The second-order valence-electron chi connectivity index (χ2n) is 5.99. The number of aromatic nitrogens is 3. The van der Waals surface area contributed by atoms with Crippen LogP contribution in [0.5, 0.6) is 5.75 Å². The summed E-state index contributed by atoms with van der Waals surface area (Å²) in [5.41, 5.74) is -0.595. The van der Waals surface area contributed by atoms with Crippen molar-refractivity contribution in [2.45, 2.75) is 13.5 Å². The van der Waals surface area contributed by atoms with Gasteiger partial charge in [-0.05, 0) is 6.92 Å². The molecule has 0 saturated heterocycles. The Labute approximate surface area is 152 Å². The zero-order chi connectivity index (χ0) is 19.9. The zero-order valence-corrected chi connectivity index (χ0v) is 14.7. The van der Waals surface area contributed by atoms with Gasteiger partial charge in [-0.1, -0.05) is 18.2 Å². The molecule has 2 aromatic heterocycles. The first kappa shape index (κ1) is 18.1. The van der Waals surface area contributed by atoms with Crippen LogP contribution in [0.15, 0.2) is 46.5 Å². The Morgan fingerprint density at radius 2 is 2.04 bits per heavy atom. The monoisotopic (exact) mass is 368 g/mol. The SMILES string of the molecule is C=CCn1nc(-c2cccc([N+](=O)[O-])c2)c2c(c(O)c(C)c(=O)n2C)c1=O. The normalized spacial score (nSPS) is 10.9. The van der Waals surface area contributed by atoms with Gasteiger partial charge >= 0.3 is 0 Å². The van der Waals surface area contributed by atoms with Gasteiger partial charge in [0.25, 0.3) is 16.8 Å². The molecule has 3 aromatic rings. The molecule has 27 heavy (non-hydrogen) atoms. The summed E-state index contributed by atoms with van der Waals surface area (Å²) >= 11 is 0. The lowest BCUT2D eigenvalue weighted by Crippen LogP contribution is -2.28. The topological polar surface area (TPSA) is 120 Å². The standard InChI is InChI=1S/C18H16N4O5/c1-4-8-21-18(25)13-15(20(3)17(24)10(2)16(13)23)14(19-21)11-6-5-7-12(9-11)22(26)27/h4-7,9,23H,1,8H2,2-3H3. The molecular weight excluding hydrogens is 352 g/mol. The Bertz CT molecular complexity index is 1220. The third-order valence-electron chi connectivity index (χ3n) is 4.32. The van der Waals surface area contributed by atoms with E-state index in [-0.39, 0.29) is 34.4 Å². The van der Waals surface area contributed by atoms with Crippen LogP contribution in [0.25, 0.3) is 22.2 Å². The quantitative estimate of drug-likeness (QED) is 0.426. The van der Waals surface area contributed by atoms with Crippen LogP contribution in [-0.4, -0.2) is 24.4 Å². The van der Waals surface area contributed by atoms with Crippen LogP contribution < -0.4 is 11.1 Å². The van der Waals surface area contributed by atoms with Gasteiger partial charge in [0.15, 0.2) is 0 Å². The van der Waals surface area contributed by atoms with Crippen molar-refractivity contribution in [2.24, 2.45) is 7.05 Å². The molecule has 2 heterocycles. The van der Waals surface area contributed by atoms with Crippen molar-refractivity contribution in [1.29, 1.82) is 0 Å². The molecule has 0 aliphatic carbocycles. The van der Waals surface area contributed by atoms with Crippen molar-refractivity contribution in [3.8, 4) is 17.0 Å². The molecule has 0 aliphatic rings. The van der Waals surface area contributed by atoms with Gasteiger partial charge in [0.1, 0.15) is 16.8 Å². The number of hydrogen-bond acceptors (Lipinski definition) is 6. The number of nitro benzene ring substituents is 1. The third-order valence-corrected chi connectivity index (χ3v) is 4.32. The second kappa shape index (κ2) is 6.52. The van der Waals surface area contributed by atoms with E-state index >= 15 is 0 Å². The number of non-ortho nitro benzene ring substituents is 1. The summed E-state index contributed by atoms with van der Waals surface area (Å²) < 4.78 is 2.30. The molecule has 1 N–H and O–H groups in total. The molecule has 1 aromatic carbocycles. The van der Waals surface area contributed by atoms with E-state index in [4.69, 9.17) is 0 Å². The number of pyridine rings is 1. The molecule has 0 radical (unpaired) electrons. The highest BCUT2D eigenvalue weighted by Gasteiger charge is 2.22. The third kappa shape index (κ3) is 2.78. The molecule has 0 unspecified atom stereocenters. The van der Waals surface area contributed by atoms with E-state index in [9.17, 15) is 24.8 Å². The van der Waals surface area contributed by atoms with Crippen LogP contribution in [-0.2, 0) is 13.6 Å². The maximum absolute atomic E-state index is 12.8. The Kier molecular flexibility index (Phi) is 4.36. The fraction of sp³-hybridized carbons (Fsp3) is 0.167. The van der Waals surface area contributed by atoms with Gasteiger partial charge in [0.05, 0.1) is 22.5 Å². The number of rotatable bonds is 4. The predicted octanol–water partition coefficient (Wildman–Crippen LogP) is 1.87.